The number of halogens is 4. The molecule has 2 heterocycles. The lowest BCUT2D eigenvalue weighted by Crippen LogP contribution is -2.44. The number of rotatable bonds is 7. The van der Waals surface area contributed by atoms with Crippen molar-refractivity contribution in [2.24, 2.45) is 5.73 Å². The summed E-state index contributed by atoms with van der Waals surface area (Å²) in [6, 6.07) is 11.4. The van der Waals surface area contributed by atoms with Crippen LogP contribution in [-0.2, 0) is 23.9 Å². The molecule has 0 unspecified atom stereocenters. The zero-order chi connectivity index (χ0) is 31.8. The second kappa shape index (κ2) is 12.2. The Hall–Kier alpha value is -4.62. The lowest BCUT2D eigenvalue weighted by molar-refractivity contribution is -0.138. The van der Waals surface area contributed by atoms with E-state index in [1.54, 1.807) is 19.1 Å². The Labute approximate surface area is 250 Å². The third-order valence-corrected chi connectivity index (χ3v) is 7.66. The van der Waals surface area contributed by atoms with Crippen LogP contribution in [-0.4, -0.2) is 64.8 Å². The number of nitrogens with one attached hydrogen (secondary N) is 1. The van der Waals surface area contributed by atoms with Gasteiger partial charge in [-0.2, -0.15) is 13.2 Å². The number of nitrogens with zero attached hydrogens (tertiary/aromatic N) is 4. The lowest BCUT2D eigenvalue weighted by atomic mass is 9.97. The van der Waals surface area contributed by atoms with Crippen LogP contribution in [0.15, 0.2) is 48.5 Å². The molecule has 1 aliphatic heterocycles. The maximum Gasteiger partial charge on any atom is 0.416 e. The van der Waals surface area contributed by atoms with E-state index >= 15 is 4.39 Å². The number of nitrogen functional groups attached to an aromatic ring is 1. The van der Waals surface area contributed by atoms with Crippen molar-refractivity contribution in [3.05, 3.63) is 82.4 Å². The van der Waals surface area contributed by atoms with E-state index in [-0.39, 0.29) is 57.9 Å². The molecule has 0 aliphatic carbocycles. The van der Waals surface area contributed by atoms with Gasteiger partial charge in [-0.3, -0.25) is 14.5 Å². The second-order valence-electron chi connectivity index (χ2n) is 10.9. The predicted octanol–water partition coefficient (Wildman–Crippen LogP) is 4.37. The molecule has 1 aliphatic rings. The normalized spacial score (nSPS) is 14.6. The van der Waals surface area contributed by atoms with E-state index in [9.17, 15) is 22.8 Å². The minimum absolute atomic E-state index is 0.0408. The van der Waals surface area contributed by atoms with Crippen LogP contribution >= 0.6 is 0 Å². The standard InChI is InChI=1S/C31H31F4N7O2/c1-17-3-6-20(14-22(17)21-7-8-24-27(28(21)32)29(37)40-26(39-24)15-25(36)43)38-30(44)18-4-5-19(23(13-18)31(33,34)35)16-42-11-9-41(2)10-12-42/h3-8,13-14H,9-12,15-16H2,1-2H3,(H2,36,43)(H,38,44)(H2,37,39,40). The number of anilines is 2. The van der Waals surface area contributed by atoms with Crippen LogP contribution in [0.25, 0.3) is 22.0 Å². The number of hydrogen-bond acceptors (Lipinski definition) is 7. The van der Waals surface area contributed by atoms with Crippen LogP contribution in [0, 0.1) is 12.7 Å². The van der Waals surface area contributed by atoms with Crippen molar-refractivity contribution < 1.29 is 27.2 Å². The highest BCUT2D eigenvalue weighted by molar-refractivity contribution is 6.05. The highest BCUT2D eigenvalue weighted by Gasteiger charge is 2.34. The van der Waals surface area contributed by atoms with Crippen LogP contribution in [0.5, 0.6) is 0 Å². The molecule has 0 bridgehead atoms. The summed E-state index contributed by atoms with van der Waals surface area (Å²) in [5.74, 6) is -2.20. The molecule has 9 nitrogen and oxygen atoms in total. The molecule has 5 N–H and O–H groups in total. The molecule has 1 fully saturated rings. The van der Waals surface area contributed by atoms with E-state index in [0.29, 0.717) is 24.2 Å². The number of primary amides is 1. The van der Waals surface area contributed by atoms with Crippen molar-refractivity contribution >= 4 is 34.2 Å². The van der Waals surface area contributed by atoms with Crippen LogP contribution in [0.1, 0.15) is 32.9 Å². The van der Waals surface area contributed by atoms with Gasteiger partial charge in [-0.1, -0.05) is 12.1 Å². The van der Waals surface area contributed by atoms with Gasteiger partial charge in [0.15, 0.2) is 0 Å². The molecular weight excluding hydrogens is 578 g/mol. The first kappa shape index (κ1) is 30.8. The summed E-state index contributed by atoms with van der Waals surface area (Å²) in [7, 11) is 1.97. The Balaban J connectivity index is 1.42. The number of aryl methyl sites for hydroxylation is 1. The summed E-state index contributed by atoms with van der Waals surface area (Å²) >= 11 is 0. The van der Waals surface area contributed by atoms with Gasteiger partial charge in [0.05, 0.1) is 22.9 Å². The Morgan fingerprint density at radius 1 is 0.977 bits per heavy atom. The number of carbonyl (C=O) groups is 2. The highest BCUT2D eigenvalue weighted by atomic mass is 19.4. The number of nitrogens with two attached hydrogens (primary N) is 2. The maximum atomic E-state index is 15.8. The molecule has 4 aromatic rings. The van der Waals surface area contributed by atoms with Gasteiger partial charge in [0.1, 0.15) is 17.5 Å². The van der Waals surface area contributed by atoms with Crippen molar-refractivity contribution in [1.82, 2.24) is 19.8 Å². The van der Waals surface area contributed by atoms with Gasteiger partial charge < -0.3 is 21.7 Å². The number of carbonyl (C=O) groups excluding carboxylic acids is 2. The third kappa shape index (κ3) is 6.63. The molecule has 13 heteroatoms. The summed E-state index contributed by atoms with van der Waals surface area (Å²) in [6.45, 7) is 4.71. The van der Waals surface area contributed by atoms with Crippen molar-refractivity contribution in [2.45, 2.75) is 26.1 Å². The van der Waals surface area contributed by atoms with Crippen molar-refractivity contribution in [3.8, 4) is 11.1 Å². The average Bonchev–Trinajstić information content (AvgIpc) is 2.94. The molecular formula is C31H31F4N7O2. The molecule has 1 aromatic heterocycles. The second-order valence-corrected chi connectivity index (χ2v) is 10.9. The summed E-state index contributed by atoms with van der Waals surface area (Å²) in [4.78, 5) is 36.6. The van der Waals surface area contributed by atoms with Gasteiger partial charge in [-0.05, 0) is 67.1 Å². The first-order valence-corrected chi connectivity index (χ1v) is 13.9. The Morgan fingerprint density at radius 2 is 1.70 bits per heavy atom. The van der Waals surface area contributed by atoms with Gasteiger partial charge in [-0.25, -0.2) is 14.4 Å². The van der Waals surface area contributed by atoms with E-state index in [2.05, 4.69) is 20.2 Å². The van der Waals surface area contributed by atoms with E-state index in [1.807, 2.05) is 11.9 Å². The van der Waals surface area contributed by atoms with E-state index < -0.39 is 29.4 Å². The fraction of sp³-hybridized carbons (Fsp3) is 0.290. The average molecular weight is 610 g/mol. The van der Waals surface area contributed by atoms with Crippen LogP contribution in [0.3, 0.4) is 0 Å². The molecule has 44 heavy (non-hydrogen) atoms. The fourth-order valence-electron chi connectivity index (χ4n) is 5.26. The van der Waals surface area contributed by atoms with Gasteiger partial charge in [0, 0.05) is 49.5 Å². The first-order valence-electron chi connectivity index (χ1n) is 13.9. The molecule has 0 radical (unpaired) electrons. The Kier molecular flexibility index (Phi) is 8.53. The van der Waals surface area contributed by atoms with Gasteiger partial charge in [-0.15, -0.1) is 0 Å². The monoisotopic (exact) mass is 609 g/mol. The van der Waals surface area contributed by atoms with E-state index in [4.69, 9.17) is 11.5 Å². The minimum Gasteiger partial charge on any atom is -0.383 e. The molecule has 0 spiro atoms. The van der Waals surface area contributed by atoms with Crippen LogP contribution < -0.4 is 16.8 Å². The van der Waals surface area contributed by atoms with Crippen molar-refractivity contribution in [2.75, 3.05) is 44.3 Å². The number of hydrogen-bond donors (Lipinski definition) is 3. The number of amides is 2. The molecule has 3 aromatic carbocycles. The number of piperazine rings is 1. The minimum atomic E-state index is -4.64. The fourth-order valence-corrected chi connectivity index (χ4v) is 5.26. The molecule has 5 rings (SSSR count). The van der Waals surface area contributed by atoms with Gasteiger partial charge >= 0.3 is 6.18 Å². The maximum absolute atomic E-state index is 15.8. The zero-order valence-electron chi connectivity index (χ0n) is 24.1. The lowest BCUT2D eigenvalue weighted by Gasteiger charge is -2.33. The number of aromatic nitrogens is 2. The largest absolute Gasteiger partial charge is 0.416 e. The van der Waals surface area contributed by atoms with Gasteiger partial charge in [0.25, 0.3) is 5.91 Å². The van der Waals surface area contributed by atoms with Crippen molar-refractivity contribution in [3.63, 3.8) is 0 Å². The molecule has 2 amide bonds. The number of likely N-dealkylation sites (N-methyl/N-ethyl adjacent to an activating group) is 1. The van der Waals surface area contributed by atoms with Crippen LogP contribution in [0.2, 0.25) is 0 Å². The third-order valence-electron chi connectivity index (χ3n) is 7.66. The number of fused-ring (bicyclic) bond motifs is 1. The summed E-state index contributed by atoms with van der Waals surface area (Å²) in [6.07, 6.45) is -4.90. The molecule has 1 saturated heterocycles. The topological polar surface area (TPSA) is 130 Å². The summed E-state index contributed by atoms with van der Waals surface area (Å²) in [5, 5.41) is 2.59. The van der Waals surface area contributed by atoms with E-state index in [1.165, 1.54) is 30.3 Å². The number of benzene rings is 3. The Bertz CT molecular complexity index is 1750. The Morgan fingerprint density at radius 3 is 2.39 bits per heavy atom. The molecule has 230 valence electrons. The van der Waals surface area contributed by atoms with Crippen molar-refractivity contribution in [1.29, 1.82) is 0 Å². The smallest absolute Gasteiger partial charge is 0.383 e. The molecule has 0 atom stereocenters. The summed E-state index contributed by atoms with van der Waals surface area (Å²) < 4.78 is 57.9. The van der Waals surface area contributed by atoms with Crippen LogP contribution in [0.4, 0.5) is 29.1 Å². The summed E-state index contributed by atoms with van der Waals surface area (Å²) in [5.41, 5.74) is 12.0. The highest BCUT2D eigenvalue weighted by Crippen LogP contribution is 2.35. The van der Waals surface area contributed by atoms with Gasteiger partial charge in [0.2, 0.25) is 5.91 Å². The quantitative estimate of drug-likeness (QED) is 0.265. The number of alkyl halides is 3. The molecule has 0 saturated carbocycles. The first-order chi connectivity index (χ1) is 20.8. The predicted molar refractivity (Wildman–Crippen MR) is 159 cm³/mol. The zero-order valence-corrected chi connectivity index (χ0v) is 24.1. The SMILES string of the molecule is Cc1ccc(NC(=O)c2ccc(CN3CCN(C)CC3)c(C(F)(F)F)c2)cc1-c1ccc2nc(CC(N)=O)nc(N)c2c1F. The van der Waals surface area contributed by atoms with E-state index in [0.717, 1.165) is 19.2 Å².